The van der Waals surface area contributed by atoms with Crippen LogP contribution in [0.15, 0.2) is 23.1 Å². The molecule has 1 aliphatic carbocycles. The van der Waals surface area contributed by atoms with Crippen LogP contribution in [0.5, 0.6) is 0 Å². The highest BCUT2D eigenvalue weighted by Crippen LogP contribution is 2.39. The summed E-state index contributed by atoms with van der Waals surface area (Å²) in [5.74, 6) is -4.15. The maximum Gasteiger partial charge on any atom is 0.471 e. The van der Waals surface area contributed by atoms with Crippen molar-refractivity contribution in [3.8, 4) is 0 Å². The third kappa shape index (κ3) is 3.41. The average Bonchev–Trinajstić information content (AvgIpc) is 3.51. The predicted molar refractivity (Wildman–Crippen MR) is 103 cm³/mol. The molecule has 166 valence electrons. The molecule has 4 rings (SSSR count). The summed E-state index contributed by atoms with van der Waals surface area (Å²) < 4.78 is 54.7. The van der Waals surface area contributed by atoms with Gasteiger partial charge in [-0.3, -0.25) is 9.59 Å². The number of nitrogens with zero attached hydrogens (tertiary/aromatic N) is 3. The number of carbonyl (C=O) groups is 2. The van der Waals surface area contributed by atoms with E-state index >= 15 is 0 Å². The van der Waals surface area contributed by atoms with E-state index in [2.05, 4.69) is 0 Å². The van der Waals surface area contributed by atoms with Crippen molar-refractivity contribution < 1.29 is 32.3 Å². The number of aromatic nitrogens is 1. The predicted octanol–water partition coefficient (Wildman–Crippen LogP) is 2.77. The van der Waals surface area contributed by atoms with Gasteiger partial charge in [-0.2, -0.15) is 13.2 Å². The summed E-state index contributed by atoms with van der Waals surface area (Å²) in [6.07, 6.45) is -2.16. The summed E-state index contributed by atoms with van der Waals surface area (Å²) in [5, 5.41) is 9.23. The van der Waals surface area contributed by atoms with E-state index in [0.717, 1.165) is 26.0 Å². The summed E-state index contributed by atoms with van der Waals surface area (Å²) in [6.45, 7) is 1.57. The number of benzene rings is 1. The monoisotopic (exact) mass is 441 g/mol. The maximum atomic E-state index is 14.9. The second-order valence-corrected chi connectivity index (χ2v) is 8.01. The van der Waals surface area contributed by atoms with Crippen LogP contribution in [0.4, 0.5) is 23.2 Å². The molecule has 2 aliphatic rings. The third-order valence-corrected chi connectivity index (χ3v) is 6.07. The number of hydrogen-bond acceptors (Lipinski definition) is 4. The minimum absolute atomic E-state index is 0.00314. The normalized spacial score (nSPS) is 21.2. The third-order valence-electron chi connectivity index (χ3n) is 6.07. The van der Waals surface area contributed by atoms with E-state index in [9.17, 15) is 37.1 Å². The Kier molecular flexibility index (Phi) is 4.74. The van der Waals surface area contributed by atoms with Crippen molar-refractivity contribution >= 4 is 28.5 Å². The molecule has 1 N–H and O–H groups in total. The second kappa shape index (κ2) is 6.96. The van der Waals surface area contributed by atoms with Crippen LogP contribution in [0.1, 0.15) is 36.2 Å². The molecular formula is C20H19F4N3O4. The zero-order valence-corrected chi connectivity index (χ0v) is 16.6. The smallest absolute Gasteiger partial charge is 0.471 e. The van der Waals surface area contributed by atoms with Crippen LogP contribution >= 0.6 is 0 Å². The Labute approximate surface area is 173 Å². The fourth-order valence-corrected chi connectivity index (χ4v) is 4.09. The number of likely N-dealkylation sites (N-methyl/N-ethyl adjacent to an activating group) is 1. The lowest BCUT2D eigenvalue weighted by atomic mass is 9.94. The van der Waals surface area contributed by atoms with Gasteiger partial charge >= 0.3 is 18.1 Å². The largest absolute Gasteiger partial charge is 0.477 e. The Bertz CT molecular complexity index is 1160. The fourth-order valence-electron chi connectivity index (χ4n) is 4.09. The minimum atomic E-state index is -4.99. The fraction of sp³-hybridized carbons (Fsp3) is 0.450. The number of halogens is 4. The van der Waals surface area contributed by atoms with Crippen molar-refractivity contribution in [1.29, 1.82) is 0 Å². The summed E-state index contributed by atoms with van der Waals surface area (Å²) >= 11 is 0. The molecule has 11 heteroatoms. The molecule has 0 unspecified atom stereocenters. The van der Waals surface area contributed by atoms with Crippen molar-refractivity contribution in [3.63, 3.8) is 0 Å². The van der Waals surface area contributed by atoms with Gasteiger partial charge in [0.2, 0.25) is 5.43 Å². The summed E-state index contributed by atoms with van der Waals surface area (Å²) in [6, 6.07) is 1.04. The zero-order valence-electron chi connectivity index (χ0n) is 16.6. The molecule has 1 aromatic heterocycles. The topological polar surface area (TPSA) is 82.8 Å². The number of fused-ring (bicyclic) bond motifs is 1. The molecule has 2 fully saturated rings. The number of hydrogen-bond donors (Lipinski definition) is 1. The molecule has 7 nitrogen and oxygen atoms in total. The summed E-state index contributed by atoms with van der Waals surface area (Å²) in [4.78, 5) is 37.6. The van der Waals surface area contributed by atoms with Crippen LogP contribution in [0, 0.1) is 5.82 Å². The highest BCUT2D eigenvalue weighted by atomic mass is 19.4. The number of aromatic carboxylic acids is 1. The molecule has 1 aromatic carbocycles. The minimum Gasteiger partial charge on any atom is -0.477 e. The first-order valence-corrected chi connectivity index (χ1v) is 9.64. The van der Waals surface area contributed by atoms with Gasteiger partial charge in [0.05, 0.1) is 17.2 Å². The Hall–Kier alpha value is -3.11. The lowest BCUT2D eigenvalue weighted by molar-refractivity contribution is -0.187. The molecule has 1 saturated heterocycles. The van der Waals surface area contributed by atoms with Gasteiger partial charge in [0.25, 0.3) is 0 Å². The molecule has 2 heterocycles. The van der Waals surface area contributed by atoms with Crippen LogP contribution in [0.25, 0.3) is 10.9 Å². The quantitative estimate of drug-likeness (QED) is 0.738. The van der Waals surface area contributed by atoms with Crippen molar-refractivity contribution in [1.82, 2.24) is 9.47 Å². The van der Waals surface area contributed by atoms with Gasteiger partial charge in [0.15, 0.2) is 0 Å². The Morgan fingerprint density at radius 1 is 1.23 bits per heavy atom. The Balaban J connectivity index is 1.72. The van der Waals surface area contributed by atoms with E-state index in [0.29, 0.717) is 10.4 Å². The van der Waals surface area contributed by atoms with E-state index in [1.54, 1.807) is 11.5 Å². The van der Waals surface area contributed by atoms with Crippen LogP contribution < -0.4 is 10.3 Å². The first-order valence-electron chi connectivity index (χ1n) is 9.64. The number of amides is 1. The summed E-state index contributed by atoms with van der Waals surface area (Å²) in [7, 11) is 1.06. The highest BCUT2D eigenvalue weighted by Gasteiger charge is 2.48. The van der Waals surface area contributed by atoms with Crippen LogP contribution in [0.3, 0.4) is 0 Å². The van der Waals surface area contributed by atoms with Crippen molar-refractivity contribution in [3.05, 3.63) is 39.9 Å². The van der Waals surface area contributed by atoms with Crippen LogP contribution in [-0.2, 0) is 4.79 Å². The van der Waals surface area contributed by atoms with Crippen molar-refractivity contribution in [2.45, 2.75) is 44.1 Å². The molecule has 1 aliphatic heterocycles. The van der Waals surface area contributed by atoms with Gasteiger partial charge in [-0.1, -0.05) is 0 Å². The van der Waals surface area contributed by atoms with Gasteiger partial charge in [0.1, 0.15) is 11.4 Å². The first-order chi connectivity index (χ1) is 14.4. The van der Waals surface area contributed by atoms with E-state index in [-0.39, 0.29) is 23.7 Å². The number of alkyl halides is 3. The number of carboxylic acids is 1. The first kappa shape index (κ1) is 21.1. The lowest BCUT2D eigenvalue weighted by Gasteiger charge is -2.51. The highest BCUT2D eigenvalue weighted by molar-refractivity contribution is 5.93. The Morgan fingerprint density at radius 3 is 2.39 bits per heavy atom. The molecule has 1 amide bonds. The van der Waals surface area contributed by atoms with Crippen molar-refractivity contribution in [2.24, 2.45) is 0 Å². The number of carbonyl (C=O) groups excluding carboxylic acids is 1. The molecule has 0 bridgehead atoms. The van der Waals surface area contributed by atoms with Gasteiger partial charge in [-0.05, 0) is 31.9 Å². The number of pyridine rings is 1. The average molecular weight is 441 g/mol. The van der Waals surface area contributed by atoms with Gasteiger partial charge in [-0.15, -0.1) is 0 Å². The molecular weight excluding hydrogens is 422 g/mol. The van der Waals surface area contributed by atoms with E-state index < -0.39 is 46.9 Å². The van der Waals surface area contributed by atoms with E-state index in [1.807, 2.05) is 0 Å². The van der Waals surface area contributed by atoms with Crippen LogP contribution in [0.2, 0.25) is 0 Å². The van der Waals surface area contributed by atoms with Gasteiger partial charge < -0.3 is 19.5 Å². The lowest BCUT2D eigenvalue weighted by Crippen LogP contribution is -2.67. The molecule has 2 aromatic rings. The number of rotatable bonds is 4. The second-order valence-electron chi connectivity index (χ2n) is 8.01. The summed E-state index contributed by atoms with van der Waals surface area (Å²) in [5.41, 5.74) is -0.795. The SMILES string of the molecule is C[C@@H]1[C@@H](N(C)C(=O)C(F)(F)F)CN1c1cc2c(cc1F)c(=O)c(C(=O)O)cn2C1CC1. The van der Waals surface area contributed by atoms with Crippen LogP contribution in [-0.4, -0.2) is 58.3 Å². The number of anilines is 1. The van der Waals surface area contributed by atoms with E-state index in [1.165, 1.54) is 17.2 Å². The molecule has 1 saturated carbocycles. The molecule has 31 heavy (non-hydrogen) atoms. The molecule has 0 radical (unpaired) electrons. The number of carboxylic acid groups (broad SMARTS) is 1. The van der Waals surface area contributed by atoms with Gasteiger partial charge in [-0.25, -0.2) is 9.18 Å². The molecule has 2 atom stereocenters. The van der Waals surface area contributed by atoms with E-state index in [4.69, 9.17) is 0 Å². The standard InChI is InChI=1S/C20H19F4N3O4/c1-9-16(25(2)19(31)20(22,23)24)8-26(9)15-6-14-11(5-13(15)21)17(28)12(18(29)30)7-27(14)10-3-4-10/h5-7,9-10,16H,3-4,8H2,1-2H3,(H,29,30)/t9-,16+/m1/s1. The Morgan fingerprint density at radius 2 is 1.87 bits per heavy atom. The zero-order chi connectivity index (χ0) is 22.8. The maximum absolute atomic E-state index is 14.9. The van der Waals surface area contributed by atoms with Crippen molar-refractivity contribution in [2.75, 3.05) is 18.5 Å². The van der Waals surface area contributed by atoms with Gasteiger partial charge in [0, 0.05) is 37.3 Å². The molecule has 0 spiro atoms.